The molecule has 0 saturated carbocycles. The van der Waals surface area contributed by atoms with Crippen LogP contribution in [0.2, 0.25) is 0 Å². The highest BCUT2D eigenvalue weighted by Crippen LogP contribution is 2.26. The van der Waals surface area contributed by atoms with Crippen LogP contribution in [-0.4, -0.2) is 24.4 Å². The van der Waals surface area contributed by atoms with E-state index in [1.165, 1.54) is 7.11 Å². The zero-order chi connectivity index (χ0) is 14.5. The lowest BCUT2D eigenvalue weighted by Gasteiger charge is -2.04. The van der Waals surface area contributed by atoms with Crippen LogP contribution >= 0.6 is 0 Å². The number of hydrogen-bond acceptors (Lipinski definition) is 4. The summed E-state index contributed by atoms with van der Waals surface area (Å²) in [5.41, 5.74) is 2.53. The van der Waals surface area contributed by atoms with Gasteiger partial charge in [-0.05, 0) is 30.7 Å². The first-order valence-corrected chi connectivity index (χ1v) is 6.13. The van der Waals surface area contributed by atoms with Gasteiger partial charge in [0.1, 0.15) is 11.4 Å². The minimum absolute atomic E-state index is 0.0994. The van der Waals surface area contributed by atoms with Crippen LogP contribution < -0.4 is 0 Å². The lowest BCUT2D eigenvalue weighted by atomic mass is 10.1. The van der Waals surface area contributed by atoms with Crippen molar-refractivity contribution in [1.29, 1.82) is 0 Å². The number of phenols is 1. The highest BCUT2D eigenvalue weighted by atomic mass is 16.5. The van der Waals surface area contributed by atoms with Crippen molar-refractivity contribution in [1.82, 2.24) is 0 Å². The highest BCUT2D eigenvalue weighted by molar-refractivity contribution is 5.99. The number of aliphatic imine (C=N–C) groups is 1. The van der Waals surface area contributed by atoms with Gasteiger partial charge in [0.2, 0.25) is 0 Å². The molecule has 0 aliphatic heterocycles. The summed E-state index contributed by atoms with van der Waals surface area (Å²) in [6, 6.07) is 12.2. The van der Waals surface area contributed by atoms with Crippen LogP contribution in [-0.2, 0) is 4.74 Å². The molecule has 0 atom stereocenters. The van der Waals surface area contributed by atoms with Crippen molar-refractivity contribution in [3.63, 3.8) is 0 Å². The van der Waals surface area contributed by atoms with Crippen LogP contribution in [0.15, 0.2) is 47.5 Å². The second kappa shape index (κ2) is 6.02. The normalized spacial score (nSPS) is 10.7. The number of carbonyl (C=O) groups is 1. The van der Waals surface area contributed by atoms with Gasteiger partial charge in [0.15, 0.2) is 0 Å². The monoisotopic (exact) mass is 269 g/mol. The largest absolute Gasteiger partial charge is 0.506 e. The standard InChI is InChI=1S/C16H15NO3/c1-11-7-8-15(18)14(9-11)17-10-12-5-3-4-6-13(12)16(19)20-2/h3-10,18H,1-2H3/b17-10-. The molecule has 4 heteroatoms. The van der Waals surface area contributed by atoms with E-state index in [9.17, 15) is 9.90 Å². The maximum atomic E-state index is 11.6. The molecular weight excluding hydrogens is 254 g/mol. The number of esters is 1. The number of aryl methyl sites for hydroxylation is 1. The molecule has 0 saturated heterocycles. The fourth-order valence-corrected chi connectivity index (χ4v) is 1.78. The Kier molecular flexibility index (Phi) is 4.15. The molecule has 0 amide bonds. The average molecular weight is 269 g/mol. The number of rotatable bonds is 3. The van der Waals surface area contributed by atoms with Gasteiger partial charge in [-0.3, -0.25) is 4.99 Å². The summed E-state index contributed by atoms with van der Waals surface area (Å²) in [5.74, 6) is -0.317. The molecule has 0 aliphatic carbocycles. The molecule has 4 nitrogen and oxygen atoms in total. The molecule has 2 aromatic rings. The Morgan fingerprint density at radius 2 is 2.00 bits per heavy atom. The fraction of sp³-hybridized carbons (Fsp3) is 0.125. The summed E-state index contributed by atoms with van der Waals surface area (Å²) >= 11 is 0. The van der Waals surface area contributed by atoms with E-state index >= 15 is 0 Å². The molecule has 1 N–H and O–H groups in total. The average Bonchev–Trinajstić information content (AvgIpc) is 2.47. The van der Waals surface area contributed by atoms with Crippen molar-refractivity contribution in [3.8, 4) is 5.75 Å². The lowest BCUT2D eigenvalue weighted by Crippen LogP contribution is -2.04. The summed E-state index contributed by atoms with van der Waals surface area (Å²) in [7, 11) is 1.34. The van der Waals surface area contributed by atoms with Crippen molar-refractivity contribution in [2.75, 3.05) is 7.11 Å². The van der Waals surface area contributed by atoms with Crippen molar-refractivity contribution in [2.45, 2.75) is 6.92 Å². The van der Waals surface area contributed by atoms with E-state index in [1.807, 2.05) is 13.0 Å². The number of methoxy groups -OCH3 is 1. The van der Waals surface area contributed by atoms with E-state index < -0.39 is 5.97 Å². The van der Waals surface area contributed by atoms with Crippen molar-refractivity contribution >= 4 is 17.9 Å². The van der Waals surface area contributed by atoms with Gasteiger partial charge in [-0.15, -0.1) is 0 Å². The van der Waals surface area contributed by atoms with Crippen LogP contribution in [0.25, 0.3) is 0 Å². The molecule has 0 spiro atoms. The van der Waals surface area contributed by atoms with E-state index in [2.05, 4.69) is 4.99 Å². The van der Waals surface area contributed by atoms with Crippen molar-refractivity contribution in [2.24, 2.45) is 4.99 Å². The summed E-state index contributed by atoms with van der Waals surface area (Å²) in [4.78, 5) is 15.9. The van der Waals surface area contributed by atoms with E-state index in [4.69, 9.17) is 4.74 Å². The summed E-state index contributed by atoms with van der Waals surface area (Å²) in [5, 5.41) is 9.73. The number of aromatic hydroxyl groups is 1. The third kappa shape index (κ3) is 3.03. The highest BCUT2D eigenvalue weighted by Gasteiger charge is 2.09. The Hall–Kier alpha value is -2.62. The van der Waals surface area contributed by atoms with E-state index in [-0.39, 0.29) is 5.75 Å². The molecule has 0 aliphatic rings. The molecule has 2 rings (SSSR count). The first-order valence-electron chi connectivity index (χ1n) is 6.13. The van der Waals surface area contributed by atoms with Crippen LogP contribution in [0.1, 0.15) is 21.5 Å². The van der Waals surface area contributed by atoms with Crippen molar-refractivity contribution in [3.05, 3.63) is 59.2 Å². The molecule has 0 unspecified atom stereocenters. The number of carbonyl (C=O) groups excluding carboxylic acids is 1. The zero-order valence-electron chi connectivity index (χ0n) is 11.3. The summed E-state index contributed by atoms with van der Waals surface area (Å²) in [6.45, 7) is 1.92. The van der Waals surface area contributed by atoms with E-state index in [1.54, 1.807) is 42.6 Å². The smallest absolute Gasteiger partial charge is 0.338 e. The van der Waals surface area contributed by atoms with E-state index in [0.717, 1.165) is 5.56 Å². The molecule has 2 aromatic carbocycles. The Morgan fingerprint density at radius 1 is 1.25 bits per heavy atom. The fourth-order valence-electron chi connectivity index (χ4n) is 1.78. The number of nitrogens with zero attached hydrogens (tertiary/aromatic N) is 1. The molecule has 0 radical (unpaired) electrons. The first-order chi connectivity index (χ1) is 9.61. The Morgan fingerprint density at radius 3 is 2.75 bits per heavy atom. The van der Waals surface area contributed by atoms with Gasteiger partial charge in [-0.2, -0.15) is 0 Å². The van der Waals surface area contributed by atoms with Gasteiger partial charge < -0.3 is 9.84 Å². The number of ether oxygens (including phenoxy) is 1. The maximum absolute atomic E-state index is 11.6. The van der Waals surface area contributed by atoms with Crippen LogP contribution in [0.4, 0.5) is 5.69 Å². The quantitative estimate of drug-likeness (QED) is 0.687. The lowest BCUT2D eigenvalue weighted by molar-refractivity contribution is 0.0600. The third-order valence-corrected chi connectivity index (χ3v) is 2.84. The SMILES string of the molecule is COC(=O)c1ccccc1/C=N\c1cc(C)ccc1O. The van der Waals surface area contributed by atoms with Gasteiger partial charge in [-0.1, -0.05) is 24.3 Å². The molecule has 0 fully saturated rings. The predicted octanol–water partition coefficient (Wildman–Crippen LogP) is 3.24. The second-order valence-corrected chi connectivity index (χ2v) is 4.33. The molecule has 0 bridgehead atoms. The van der Waals surface area contributed by atoms with Crippen LogP contribution in [0.5, 0.6) is 5.75 Å². The summed E-state index contributed by atoms with van der Waals surface area (Å²) < 4.78 is 4.72. The Bertz CT molecular complexity index is 663. The summed E-state index contributed by atoms with van der Waals surface area (Å²) in [6.07, 6.45) is 1.54. The van der Waals surface area contributed by atoms with Gasteiger partial charge in [0, 0.05) is 11.8 Å². The molecule has 0 aromatic heterocycles. The van der Waals surface area contributed by atoms with Crippen LogP contribution in [0.3, 0.4) is 0 Å². The minimum atomic E-state index is -0.416. The zero-order valence-corrected chi connectivity index (χ0v) is 11.3. The Balaban J connectivity index is 2.37. The number of benzene rings is 2. The predicted molar refractivity (Wildman–Crippen MR) is 77.9 cm³/mol. The maximum Gasteiger partial charge on any atom is 0.338 e. The molecular formula is C16H15NO3. The van der Waals surface area contributed by atoms with Gasteiger partial charge in [-0.25, -0.2) is 4.79 Å². The Labute approximate surface area is 117 Å². The number of hydrogen-bond donors (Lipinski definition) is 1. The third-order valence-electron chi connectivity index (χ3n) is 2.84. The number of phenolic OH excluding ortho intramolecular Hbond substituents is 1. The van der Waals surface area contributed by atoms with Crippen molar-refractivity contribution < 1.29 is 14.6 Å². The van der Waals surface area contributed by atoms with Gasteiger partial charge in [0.25, 0.3) is 0 Å². The van der Waals surface area contributed by atoms with E-state index in [0.29, 0.717) is 16.8 Å². The molecule has 0 heterocycles. The first kappa shape index (κ1) is 13.8. The molecule has 20 heavy (non-hydrogen) atoms. The van der Waals surface area contributed by atoms with Gasteiger partial charge >= 0.3 is 5.97 Å². The van der Waals surface area contributed by atoms with Gasteiger partial charge in [0.05, 0.1) is 12.7 Å². The second-order valence-electron chi connectivity index (χ2n) is 4.33. The van der Waals surface area contributed by atoms with Crippen LogP contribution in [0, 0.1) is 6.92 Å². The minimum Gasteiger partial charge on any atom is -0.506 e. The topological polar surface area (TPSA) is 58.9 Å². The molecule has 102 valence electrons.